The molecule has 1 aliphatic heterocycles. The Labute approximate surface area is 152 Å². The van der Waals surface area contributed by atoms with Crippen molar-refractivity contribution in [1.82, 2.24) is 4.31 Å². The highest BCUT2D eigenvalue weighted by atomic mass is 79.9. The van der Waals surface area contributed by atoms with Gasteiger partial charge in [-0.1, -0.05) is 12.1 Å². The van der Waals surface area contributed by atoms with Gasteiger partial charge in [0.25, 0.3) is 10.0 Å². The summed E-state index contributed by atoms with van der Waals surface area (Å²) in [6.07, 6.45) is 1.07. The number of amides is 1. The van der Waals surface area contributed by atoms with Gasteiger partial charge in [-0.25, -0.2) is 8.42 Å². The fourth-order valence-corrected chi connectivity index (χ4v) is 6.43. The third kappa shape index (κ3) is 3.34. The average Bonchev–Trinajstić information content (AvgIpc) is 3.18. The largest absolute Gasteiger partial charge is 0.506 e. The molecule has 6 nitrogen and oxygen atoms in total. The zero-order chi connectivity index (χ0) is 17.3. The van der Waals surface area contributed by atoms with Gasteiger partial charge in [0.15, 0.2) is 0 Å². The summed E-state index contributed by atoms with van der Waals surface area (Å²) < 4.78 is 27.7. The van der Waals surface area contributed by atoms with Crippen LogP contribution in [0.4, 0.5) is 5.69 Å². The molecule has 0 radical (unpaired) electrons. The summed E-state index contributed by atoms with van der Waals surface area (Å²) in [7, 11) is -3.72. The standard InChI is InChI=1S/C15H15BrN2O4S2/c16-13-7-8-14(23-13)24(21,22)18-9-3-5-11(18)15(20)17-10-4-1-2-6-12(10)19/h1-2,4,6-8,11,19H,3,5,9H2,(H,17,20)/t11-/m0/s1. The van der Waals surface area contributed by atoms with E-state index in [0.29, 0.717) is 19.4 Å². The van der Waals surface area contributed by atoms with Crippen LogP contribution in [0.3, 0.4) is 0 Å². The molecule has 1 aliphatic rings. The normalized spacial score (nSPS) is 18.6. The van der Waals surface area contributed by atoms with Crippen LogP contribution in [-0.2, 0) is 14.8 Å². The van der Waals surface area contributed by atoms with Crippen molar-refractivity contribution in [3.63, 3.8) is 0 Å². The number of anilines is 1. The third-order valence-corrected chi connectivity index (χ3v) is 7.78. The van der Waals surface area contributed by atoms with Crippen molar-refractivity contribution in [3.8, 4) is 5.75 Å². The fraction of sp³-hybridized carbons (Fsp3) is 0.267. The number of hydrogen-bond donors (Lipinski definition) is 2. The number of nitrogens with one attached hydrogen (secondary N) is 1. The van der Waals surface area contributed by atoms with Crippen LogP contribution >= 0.6 is 27.3 Å². The topological polar surface area (TPSA) is 86.7 Å². The summed E-state index contributed by atoms with van der Waals surface area (Å²) in [6, 6.07) is 8.77. The summed E-state index contributed by atoms with van der Waals surface area (Å²) in [4.78, 5) is 12.5. The number of nitrogens with zero attached hydrogens (tertiary/aromatic N) is 1. The van der Waals surface area contributed by atoms with E-state index >= 15 is 0 Å². The van der Waals surface area contributed by atoms with Gasteiger partial charge in [0, 0.05) is 6.54 Å². The smallest absolute Gasteiger partial charge is 0.253 e. The maximum Gasteiger partial charge on any atom is 0.253 e. The van der Waals surface area contributed by atoms with Crippen molar-refractivity contribution in [2.75, 3.05) is 11.9 Å². The van der Waals surface area contributed by atoms with Crippen molar-refractivity contribution >= 4 is 48.9 Å². The molecule has 0 spiro atoms. The van der Waals surface area contributed by atoms with E-state index < -0.39 is 22.0 Å². The van der Waals surface area contributed by atoms with Crippen LogP contribution in [0.25, 0.3) is 0 Å². The van der Waals surface area contributed by atoms with Gasteiger partial charge in [-0.15, -0.1) is 11.3 Å². The van der Waals surface area contributed by atoms with Crippen molar-refractivity contribution in [2.24, 2.45) is 0 Å². The van der Waals surface area contributed by atoms with Crippen LogP contribution in [0.1, 0.15) is 12.8 Å². The molecule has 2 heterocycles. The number of phenolic OH excluding ortho intramolecular Hbond substituents is 1. The Morgan fingerprint density at radius 2 is 2.04 bits per heavy atom. The summed E-state index contributed by atoms with van der Waals surface area (Å²) in [5, 5.41) is 12.4. The van der Waals surface area contributed by atoms with Crippen LogP contribution in [-0.4, -0.2) is 36.3 Å². The summed E-state index contributed by atoms with van der Waals surface area (Å²) >= 11 is 4.37. The number of sulfonamides is 1. The van der Waals surface area contributed by atoms with Gasteiger partial charge < -0.3 is 10.4 Å². The predicted molar refractivity (Wildman–Crippen MR) is 95.7 cm³/mol. The molecule has 3 rings (SSSR count). The molecule has 0 aliphatic carbocycles. The van der Waals surface area contributed by atoms with E-state index in [2.05, 4.69) is 21.2 Å². The zero-order valence-electron chi connectivity index (χ0n) is 12.5. The maximum absolute atomic E-state index is 12.8. The Kier molecular flexibility index (Phi) is 4.95. The highest BCUT2D eigenvalue weighted by Gasteiger charge is 2.40. The second-order valence-corrected chi connectivity index (χ2v) is 9.92. The van der Waals surface area contributed by atoms with Crippen LogP contribution in [0, 0.1) is 0 Å². The third-order valence-electron chi connectivity index (χ3n) is 3.78. The van der Waals surface area contributed by atoms with Crippen LogP contribution in [0.2, 0.25) is 0 Å². The molecule has 1 amide bonds. The lowest BCUT2D eigenvalue weighted by atomic mass is 10.2. The highest BCUT2D eigenvalue weighted by molar-refractivity contribution is 9.11. The van der Waals surface area contributed by atoms with Gasteiger partial charge in [0.05, 0.1) is 9.47 Å². The first kappa shape index (κ1) is 17.4. The number of hydrogen-bond acceptors (Lipinski definition) is 5. The minimum Gasteiger partial charge on any atom is -0.506 e. The molecule has 1 aromatic heterocycles. The number of benzene rings is 1. The molecule has 9 heteroatoms. The van der Waals surface area contributed by atoms with Crippen LogP contribution < -0.4 is 5.32 Å². The average molecular weight is 431 g/mol. The Morgan fingerprint density at radius 3 is 2.71 bits per heavy atom. The van der Waals surface area contributed by atoms with Crippen LogP contribution in [0.5, 0.6) is 5.75 Å². The number of phenols is 1. The molecule has 1 aromatic carbocycles. The van der Waals surface area contributed by atoms with Crippen molar-refractivity contribution in [2.45, 2.75) is 23.1 Å². The molecule has 0 unspecified atom stereocenters. The monoisotopic (exact) mass is 430 g/mol. The van der Waals surface area contributed by atoms with Gasteiger partial charge in [0.1, 0.15) is 16.0 Å². The number of carbonyl (C=O) groups is 1. The SMILES string of the molecule is O=C(Nc1ccccc1O)[C@@H]1CCCN1S(=O)(=O)c1ccc(Br)s1. The lowest BCUT2D eigenvalue weighted by Crippen LogP contribution is -2.42. The number of carbonyl (C=O) groups excluding carboxylic acids is 1. The summed E-state index contributed by atoms with van der Waals surface area (Å²) in [6.45, 7) is 0.302. The molecular formula is C15H15BrN2O4S2. The number of thiophene rings is 1. The van der Waals surface area contributed by atoms with Gasteiger partial charge >= 0.3 is 0 Å². The first-order chi connectivity index (χ1) is 11.4. The minimum atomic E-state index is -3.72. The number of halogens is 1. The van der Waals surface area contributed by atoms with Crippen LogP contribution in [0.15, 0.2) is 44.4 Å². The molecular weight excluding hydrogens is 416 g/mol. The van der Waals surface area contributed by atoms with E-state index in [1.807, 2.05) is 0 Å². The molecule has 2 N–H and O–H groups in total. The van der Waals surface area contributed by atoms with Gasteiger partial charge in [-0.2, -0.15) is 4.31 Å². The second kappa shape index (κ2) is 6.83. The molecule has 1 atom stereocenters. The highest BCUT2D eigenvalue weighted by Crippen LogP contribution is 2.33. The summed E-state index contributed by atoms with van der Waals surface area (Å²) in [5.74, 6) is -0.492. The van der Waals surface area contributed by atoms with E-state index in [1.54, 1.807) is 24.3 Å². The van der Waals surface area contributed by atoms with E-state index in [-0.39, 0.29) is 15.6 Å². The summed E-state index contributed by atoms with van der Waals surface area (Å²) in [5.41, 5.74) is 0.269. The van der Waals surface area contributed by atoms with E-state index in [9.17, 15) is 18.3 Å². The maximum atomic E-state index is 12.8. The fourth-order valence-electron chi connectivity index (χ4n) is 2.64. The lowest BCUT2D eigenvalue weighted by molar-refractivity contribution is -0.119. The molecule has 128 valence electrons. The second-order valence-electron chi connectivity index (χ2n) is 5.34. The van der Waals surface area contributed by atoms with Gasteiger partial charge in [-0.05, 0) is 53.0 Å². The van der Waals surface area contributed by atoms with Crippen molar-refractivity contribution in [3.05, 3.63) is 40.2 Å². The van der Waals surface area contributed by atoms with E-state index in [0.717, 1.165) is 15.1 Å². The Balaban J connectivity index is 1.83. The Bertz CT molecular complexity index is 866. The molecule has 1 saturated heterocycles. The molecule has 2 aromatic rings. The molecule has 0 saturated carbocycles. The first-order valence-electron chi connectivity index (χ1n) is 7.25. The molecule has 0 bridgehead atoms. The van der Waals surface area contributed by atoms with Gasteiger partial charge in [-0.3, -0.25) is 4.79 Å². The first-order valence-corrected chi connectivity index (χ1v) is 10.3. The quantitative estimate of drug-likeness (QED) is 0.729. The van der Waals surface area contributed by atoms with E-state index in [4.69, 9.17) is 0 Å². The zero-order valence-corrected chi connectivity index (χ0v) is 15.7. The van der Waals surface area contributed by atoms with E-state index in [1.165, 1.54) is 16.4 Å². The minimum absolute atomic E-state index is 0.0551. The number of aromatic hydroxyl groups is 1. The molecule has 1 fully saturated rings. The van der Waals surface area contributed by atoms with Gasteiger partial charge in [0.2, 0.25) is 5.91 Å². The lowest BCUT2D eigenvalue weighted by Gasteiger charge is -2.22. The van der Waals surface area contributed by atoms with Crippen molar-refractivity contribution in [1.29, 1.82) is 0 Å². The molecule has 24 heavy (non-hydrogen) atoms. The predicted octanol–water partition coefficient (Wildman–Crippen LogP) is 3.01. The Hall–Kier alpha value is -1.42. The number of rotatable bonds is 4. The number of para-hydroxylation sites is 2. The Morgan fingerprint density at radius 1 is 1.29 bits per heavy atom. The van der Waals surface area contributed by atoms with Crippen molar-refractivity contribution < 1.29 is 18.3 Å².